The fourth-order valence-corrected chi connectivity index (χ4v) is 0.747. The van der Waals surface area contributed by atoms with E-state index in [-0.39, 0.29) is 24.4 Å². The van der Waals surface area contributed by atoms with Crippen molar-refractivity contribution in [2.75, 3.05) is 27.3 Å². The Balaban J connectivity index is 3.53. The van der Waals surface area contributed by atoms with Crippen LogP contribution in [0.25, 0.3) is 0 Å². The normalized spacial score (nSPS) is 11.9. The van der Waals surface area contributed by atoms with Gasteiger partial charge in [-0.25, -0.2) is 0 Å². The van der Waals surface area contributed by atoms with Crippen LogP contribution in [0.15, 0.2) is 0 Å². The molecule has 5 nitrogen and oxygen atoms in total. The lowest BCUT2D eigenvalue weighted by Crippen LogP contribution is -2.31. The predicted molar refractivity (Wildman–Crippen MR) is 46.1 cm³/mol. The van der Waals surface area contributed by atoms with Gasteiger partial charge >= 0.3 is 11.9 Å². The van der Waals surface area contributed by atoms with Gasteiger partial charge in [0.25, 0.3) is 0 Å². The van der Waals surface area contributed by atoms with Gasteiger partial charge in [-0.15, -0.1) is 0 Å². The highest BCUT2D eigenvalue weighted by Crippen LogP contribution is 1.94. The first-order valence-corrected chi connectivity index (χ1v) is 3.97. The number of ether oxygens (including phenoxy) is 2. The second-order valence-electron chi connectivity index (χ2n) is 2.63. The molecular formula is C8H15NO4. The van der Waals surface area contributed by atoms with E-state index in [4.69, 9.17) is 0 Å². The van der Waals surface area contributed by atoms with Crippen LogP contribution in [0.1, 0.15) is 6.92 Å². The number of carbonyl (C=O) groups excluding carboxylic acids is 2. The van der Waals surface area contributed by atoms with Gasteiger partial charge < -0.3 is 14.8 Å². The quantitative estimate of drug-likeness (QED) is 0.594. The zero-order chi connectivity index (χ0) is 10.3. The Morgan fingerprint density at radius 3 is 2.38 bits per heavy atom. The Morgan fingerprint density at radius 2 is 1.92 bits per heavy atom. The van der Waals surface area contributed by atoms with Gasteiger partial charge in [0.15, 0.2) is 0 Å². The zero-order valence-electron chi connectivity index (χ0n) is 8.12. The van der Waals surface area contributed by atoms with E-state index in [1.54, 1.807) is 6.92 Å². The molecule has 0 spiro atoms. The van der Waals surface area contributed by atoms with Crippen molar-refractivity contribution in [3.63, 3.8) is 0 Å². The average molecular weight is 189 g/mol. The fraction of sp³-hybridized carbons (Fsp3) is 0.750. The second kappa shape index (κ2) is 6.42. The topological polar surface area (TPSA) is 64.6 Å². The molecule has 76 valence electrons. The van der Waals surface area contributed by atoms with Crippen molar-refractivity contribution in [2.45, 2.75) is 6.92 Å². The van der Waals surface area contributed by atoms with Crippen LogP contribution in [0.5, 0.6) is 0 Å². The van der Waals surface area contributed by atoms with Gasteiger partial charge in [-0.1, -0.05) is 6.92 Å². The van der Waals surface area contributed by atoms with Gasteiger partial charge in [0.1, 0.15) is 0 Å². The number of methoxy groups -OCH3 is 2. The monoisotopic (exact) mass is 189 g/mol. The van der Waals surface area contributed by atoms with Crippen molar-refractivity contribution in [3.8, 4) is 0 Å². The molecule has 0 heterocycles. The third-order valence-corrected chi connectivity index (χ3v) is 1.55. The lowest BCUT2D eigenvalue weighted by molar-refractivity contribution is -0.145. The lowest BCUT2D eigenvalue weighted by Gasteiger charge is -2.09. The summed E-state index contributed by atoms with van der Waals surface area (Å²) in [7, 11) is 2.65. The highest BCUT2D eigenvalue weighted by atomic mass is 16.5. The molecule has 0 saturated carbocycles. The molecule has 0 aliphatic rings. The molecule has 5 heteroatoms. The summed E-state index contributed by atoms with van der Waals surface area (Å²) in [5.74, 6) is -0.899. The largest absolute Gasteiger partial charge is 0.469 e. The van der Waals surface area contributed by atoms with Crippen LogP contribution in [-0.4, -0.2) is 39.2 Å². The van der Waals surface area contributed by atoms with E-state index in [1.807, 2.05) is 0 Å². The maximum absolute atomic E-state index is 10.9. The van der Waals surface area contributed by atoms with Crippen molar-refractivity contribution >= 4 is 11.9 Å². The van der Waals surface area contributed by atoms with Crippen LogP contribution in [0.4, 0.5) is 0 Å². The molecule has 0 radical (unpaired) electrons. The Hall–Kier alpha value is -1.10. The first-order valence-electron chi connectivity index (χ1n) is 3.97. The number of carbonyl (C=O) groups is 2. The molecule has 0 bridgehead atoms. The maximum Gasteiger partial charge on any atom is 0.319 e. The van der Waals surface area contributed by atoms with E-state index in [1.165, 1.54) is 14.2 Å². The molecule has 0 saturated heterocycles. The number of hydrogen-bond donors (Lipinski definition) is 1. The molecule has 0 aliphatic heterocycles. The molecule has 0 aromatic rings. The van der Waals surface area contributed by atoms with E-state index >= 15 is 0 Å². The fourth-order valence-electron chi connectivity index (χ4n) is 0.747. The number of rotatable bonds is 5. The van der Waals surface area contributed by atoms with Crippen LogP contribution in [0.2, 0.25) is 0 Å². The highest BCUT2D eigenvalue weighted by molar-refractivity contribution is 5.73. The molecular weight excluding hydrogens is 174 g/mol. The van der Waals surface area contributed by atoms with Crippen molar-refractivity contribution in [1.29, 1.82) is 0 Å². The van der Waals surface area contributed by atoms with Gasteiger partial charge in [-0.2, -0.15) is 0 Å². The Morgan fingerprint density at radius 1 is 1.31 bits per heavy atom. The molecule has 13 heavy (non-hydrogen) atoms. The zero-order valence-corrected chi connectivity index (χ0v) is 8.12. The van der Waals surface area contributed by atoms with Gasteiger partial charge in [0.2, 0.25) is 0 Å². The standard InChI is InChI=1S/C8H15NO4/c1-6(8(11)13-3)4-9-5-7(10)12-2/h6,9H,4-5H2,1-3H3/t6-/m1/s1. The van der Waals surface area contributed by atoms with Gasteiger partial charge in [-0.3, -0.25) is 9.59 Å². The Bertz CT molecular complexity index is 181. The molecule has 1 N–H and O–H groups in total. The molecule has 0 fully saturated rings. The van der Waals surface area contributed by atoms with Crippen LogP contribution < -0.4 is 5.32 Å². The van der Waals surface area contributed by atoms with E-state index in [2.05, 4.69) is 14.8 Å². The summed E-state index contributed by atoms with van der Waals surface area (Å²) in [6.45, 7) is 2.23. The minimum atomic E-state index is -0.350. The molecule has 0 rings (SSSR count). The van der Waals surface area contributed by atoms with Crippen LogP contribution >= 0.6 is 0 Å². The van der Waals surface area contributed by atoms with E-state index in [9.17, 15) is 9.59 Å². The van der Waals surface area contributed by atoms with Crippen molar-refractivity contribution in [2.24, 2.45) is 5.92 Å². The van der Waals surface area contributed by atoms with E-state index in [0.29, 0.717) is 6.54 Å². The first kappa shape index (κ1) is 11.9. The SMILES string of the molecule is COC(=O)CNC[C@@H](C)C(=O)OC. The summed E-state index contributed by atoms with van der Waals surface area (Å²) < 4.78 is 8.90. The van der Waals surface area contributed by atoms with Crippen molar-refractivity contribution in [1.82, 2.24) is 5.32 Å². The van der Waals surface area contributed by atoms with E-state index in [0.717, 1.165) is 0 Å². The summed E-state index contributed by atoms with van der Waals surface area (Å²) in [6.07, 6.45) is 0. The third-order valence-electron chi connectivity index (χ3n) is 1.55. The minimum Gasteiger partial charge on any atom is -0.469 e. The number of esters is 2. The Labute approximate surface area is 77.4 Å². The first-order chi connectivity index (χ1) is 6.11. The average Bonchev–Trinajstić information content (AvgIpc) is 2.15. The van der Waals surface area contributed by atoms with Crippen LogP contribution in [0.3, 0.4) is 0 Å². The Kier molecular flexibility index (Phi) is 5.88. The smallest absolute Gasteiger partial charge is 0.319 e. The van der Waals surface area contributed by atoms with Crippen molar-refractivity contribution < 1.29 is 19.1 Å². The highest BCUT2D eigenvalue weighted by Gasteiger charge is 2.12. The summed E-state index contributed by atoms with van der Waals surface area (Å²) in [5, 5.41) is 2.78. The second-order valence-corrected chi connectivity index (χ2v) is 2.63. The van der Waals surface area contributed by atoms with Crippen molar-refractivity contribution in [3.05, 3.63) is 0 Å². The third kappa shape index (κ3) is 5.19. The van der Waals surface area contributed by atoms with Crippen LogP contribution in [-0.2, 0) is 19.1 Å². The predicted octanol–water partition coefficient (Wildman–Crippen LogP) is -0.442. The van der Waals surface area contributed by atoms with Gasteiger partial charge in [0.05, 0.1) is 26.7 Å². The summed E-state index contributed by atoms with van der Waals surface area (Å²) in [4.78, 5) is 21.5. The molecule has 0 amide bonds. The van der Waals surface area contributed by atoms with Gasteiger partial charge in [0, 0.05) is 6.54 Å². The number of nitrogens with one attached hydrogen (secondary N) is 1. The summed E-state index contributed by atoms with van der Waals surface area (Å²) >= 11 is 0. The van der Waals surface area contributed by atoms with Crippen LogP contribution in [0, 0.1) is 5.92 Å². The van der Waals surface area contributed by atoms with E-state index < -0.39 is 0 Å². The molecule has 1 atom stereocenters. The molecule has 0 aliphatic carbocycles. The summed E-state index contributed by atoms with van der Waals surface area (Å²) in [6, 6.07) is 0. The van der Waals surface area contributed by atoms with Gasteiger partial charge in [-0.05, 0) is 0 Å². The lowest BCUT2D eigenvalue weighted by atomic mass is 10.2. The number of hydrogen-bond acceptors (Lipinski definition) is 5. The minimum absolute atomic E-state index is 0.109. The summed E-state index contributed by atoms with van der Waals surface area (Å²) in [5.41, 5.74) is 0. The maximum atomic E-state index is 10.9. The molecule has 0 aromatic heterocycles. The molecule has 0 aromatic carbocycles. The molecule has 0 unspecified atom stereocenters.